The fourth-order valence-electron chi connectivity index (χ4n) is 1.38. The number of benzene rings is 1. The van der Waals surface area contributed by atoms with Crippen LogP contribution in [0.4, 0.5) is 17.3 Å². The van der Waals surface area contributed by atoms with Gasteiger partial charge in [0.1, 0.15) is 17.4 Å². The van der Waals surface area contributed by atoms with E-state index in [4.69, 9.17) is 21.9 Å². The third-order valence-corrected chi connectivity index (χ3v) is 2.93. The van der Waals surface area contributed by atoms with E-state index >= 15 is 0 Å². The smallest absolute Gasteiger partial charge is 0.196 e. The molecule has 0 spiro atoms. The summed E-state index contributed by atoms with van der Waals surface area (Å²) in [5.41, 5.74) is 17.6. The average Bonchev–Trinajstić information content (AvgIpc) is 2.26. The Balaban J connectivity index is 2.30. The van der Waals surface area contributed by atoms with Crippen LogP contribution < -0.4 is 21.9 Å². The normalized spacial score (nSPS) is 10.3. The number of hydrogen-bond acceptors (Lipinski definition) is 7. The summed E-state index contributed by atoms with van der Waals surface area (Å²) in [5, 5.41) is 0.472. The maximum atomic E-state index is 5.76. The summed E-state index contributed by atoms with van der Waals surface area (Å²) in [6.45, 7) is 0. The molecule has 0 aliphatic rings. The summed E-state index contributed by atoms with van der Waals surface area (Å²) in [5.74, 6) is 1.34. The van der Waals surface area contributed by atoms with Crippen LogP contribution in [-0.2, 0) is 0 Å². The molecule has 6 N–H and O–H groups in total. The van der Waals surface area contributed by atoms with Crippen molar-refractivity contribution in [3.05, 3.63) is 24.3 Å². The Morgan fingerprint density at radius 3 is 2.28 bits per heavy atom. The molecule has 0 radical (unpaired) electrons. The summed E-state index contributed by atoms with van der Waals surface area (Å²) < 4.78 is 5.14. The van der Waals surface area contributed by atoms with Crippen LogP contribution in [0.3, 0.4) is 0 Å². The molecule has 0 atom stereocenters. The molecule has 18 heavy (non-hydrogen) atoms. The number of nitrogens with zero attached hydrogens (tertiary/aromatic N) is 2. The molecule has 0 unspecified atom stereocenters. The molecule has 94 valence electrons. The van der Waals surface area contributed by atoms with Crippen LogP contribution in [0.15, 0.2) is 34.3 Å². The highest BCUT2D eigenvalue weighted by Crippen LogP contribution is 2.30. The van der Waals surface area contributed by atoms with Gasteiger partial charge in [-0.3, -0.25) is 0 Å². The minimum Gasteiger partial charge on any atom is -0.497 e. The summed E-state index contributed by atoms with van der Waals surface area (Å²) in [4.78, 5) is 9.02. The van der Waals surface area contributed by atoms with Gasteiger partial charge in [0.25, 0.3) is 0 Å². The van der Waals surface area contributed by atoms with E-state index < -0.39 is 0 Å². The zero-order chi connectivity index (χ0) is 13.1. The number of aromatic nitrogens is 2. The molecule has 6 nitrogen and oxygen atoms in total. The molecule has 7 heteroatoms. The van der Waals surface area contributed by atoms with Crippen LogP contribution >= 0.6 is 11.8 Å². The minimum absolute atomic E-state index is 0.334. The van der Waals surface area contributed by atoms with Crippen molar-refractivity contribution < 1.29 is 4.74 Å². The van der Waals surface area contributed by atoms with Crippen molar-refractivity contribution in [2.45, 2.75) is 10.1 Å². The Bertz CT molecular complexity index is 555. The van der Waals surface area contributed by atoms with E-state index in [-0.39, 0.29) is 0 Å². The number of nitrogens with two attached hydrogens (primary N) is 3. The maximum absolute atomic E-state index is 5.76. The van der Waals surface area contributed by atoms with Gasteiger partial charge in [-0.2, -0.15) is 0 Å². The molecule has 0 saturated carbocycles. The van der Waals surface area contributed by atoms with Crippen molar-refractivity contribution in [2.24, 2.45) is 0 Å². The number of methoxy groups -OCH3 is 1. The SMILES string of the molecule is COc1cc(N)cc(Sc2nc(N)cc(N)n2)c1. The van der Waals surface area contributed by atoms with Gasteiger partial charge in [-0.1, -0.05) is 0 Å². The number of anilines is 3. The summed E-state index contributed by atoms with van der Waals surface area (Å²) in [6, 6.07) is 6.88. The quantitative estimate of drug-likeness (QED) is 0.566. The van der Waals surface area contributed by atoms with E-state index in [1.165, 1.54) is 17.8 Å². The van der Waals surface area contributed by atoms with Crippen LogP contribution in [0.2, 0.25) is 0 Å². The van der Waals surface area contributed by atoms with Gasteiger partial charge in [-0.15, -0.1) is 0 Å². The van der Waals surface area contributed by atoms with E-state index in [0.717, 1.165) is 4.90 Å². The predicted molar refractivity (Wildman–Crippen MR) is 72.4 cm³/mol. The average molecular weight is 263 g/mol. The Morgan fingerprint density at radius 2 is 1.67 bits per heavy atom. The van der Waals surface area contributed by atoms with Crippen molar-refractivity contribution in [1.82, 2.24) is 9.97 Å². The molecule has 0 aliphatic heterocycles. The predicted octanol–water partition coefficient (Wildman–Crippen LogP) is 1.38. The number of rotatable bonds is 3. The van der Waals surface area contributed by atoms with Crippen LogP contribution in [-0.4, -0.2) is 17.1 Å². The lowest BCUT2D eigenvalue weighted by molar-refractivity contribution is 0.414. The molecular formula is C11H13N5OS. The Kier molecular flexibility index (Phi) is 3.42. The van der Waals surface area contributed by atoms with E-state index in [2.05, 4.69) is 9.97 Å². The third-order valence-electron chi connectivity index (χ3n) is 2.09. The van der Waals surface area contributed by atoms with Gasteiger partial charge in [0, 0.05) is 22.7 Å². The van der Waals surface area contributed by atoms with Crippen LogP contribution in [0.25, 0.3) is 0 Å². The second-order valence-electron chi connectivity index (χ2n) is 3.54. The first-order valence-corrected chi connectivity index (χ1v) is 5.91. The van der Waals surface area contributed by atoms with Gasteiger partial charge >= 0.3 is 0 Å². The van der Waals surface area contributed by atoms with Crippen LogP contribution in [0.1, 0.15) is 0 Å². The summed E-state index contributed by atoms with van der Waals surface area (Å²) in [7, 11) is 1.58. The van der Waals surface area contributed by atoms with Crippen molar-refractivity contribution in [3.63, 3.8) is 0 Å². The molecule has 2 rings (SSSR count). The zero-order valence-electron chi connectivity index (χ0n) is 9.75. The van der Waals surface area contributed by atoms with Crippen molar-refractivity contribution in [1.29, 1.82) is 0 Å². The largest absolute Gasteiger partial charge is 0.497 e. The lowest BCUT2D eigenvalue weighted by atomic mass is 10.3. The Hall–Kier alpha value is -2.15. The second-order valence-corrected chi connectivity index (χ2v) is 4.58. The van der Waals surface area contributed by atoms with Gasteiger partial charge in [-0.25, -0.2) is 9.97 Å². The number of hydrogen-bond donors (Lipinski definition) is 3. The first kappa shape index (κ1) is 12.3. The molecule has 0 amide bonds. The van der Waals surface area contributed by atoms with Gasteiger partial charge in [0.2, 0.25) is 0 Å². The van der Waals surface area contributed by atoms with Gasteiger partial charge in [0.05, 0.1) is 7.11 Å². The fraction of sp³-hybridized carbons (Fsp3) is 0.0909. The van der Waals surface area contributed by atoms with Crippen molar-refractivity contribution >= 4 is 29.1 Å². The van der Waals surface area contributed by atoms with E-state index in [9.17, 15) is 0 Å². The van der Waals surface area contributed by atoms with Crippen LogP contribution in [0.5, 0.6) is 5.75 Å². The summed E-state index contributed by atoms with van der Waals surface area (Å²) in [6.07, 6.45) is 0. The highest BCUT2D eigenvalue weighted by molar-refractivity contribution is 7.99. The minimum atomic E-state index is 0.334. The first-order valence-electron chi connectivity index (χ1n) is 5.09. The highest BCUT2D eigenvalue weighted by atomic mass is 32.2. The molecule has 1 aromatic carbocycles. The second kappa shape index (κ2) is 5.01. The summed E-state index contributed by atoms with van der Waals surface area (Å²) >= 11 is 1.32. The number of nitrogen functional groups attached to an aromatic ring is 3. The molecule has 1 aromatic heterocycles. The molecule has 0 aliphatic carbocycles. The lowest BCUT2D eigenvalue weighted by Gasteiger charge is -2.06. The monoisotopic (exact) mass is 263 g/mol. The molecule has 0 bridgehead atoms. The van der Waals surface area contributed by atoms with E-state index in [0.29, 0.717) is 28.2 Å². The standard InChI is InChI=1S/C11H13N5OS/c1-17-7-2-6(12)3-8(4-7)18-11-15-9(13)5-10(14)16-11/h2-5H,12H2,1H3,(H4,13,14,15,16). The van der Waals surface area contributed by atoms with Gasteiger partial charge in [-0.05, 0) is 23.9 Å². The molecule has 0 saturated heterocycles. The number of ether oxygens (including phenoxy) is 1. The lowest BCUT2D eigenvalue weighted by Crippen LogP contribution is -1.99. The third kappa shape index (κ3) is 2.95. The van der Waals surface area contributed by atoms with E-state index in [1.54, 1.807) is 19.2 Å². The topological polar surface area (TPSA) is 113 Å². The fourth-order valence-corrected chi connectivity index (χ4v) is 2.27. The van der Waals surface area contributed by atoms with Crippen molar-refractivity contribution in [3.8, 4) is 5.75 Å². The maximum Gasteiger partial charge on any atom is 0.196 e. The molecule has 1 heterocycles. The highest BCUT2D eigenvalue weighted by Gasteiger charge is 2.06. The molecule has 0 fully saturated rings. The Labute approximate surface area is 109 Å². The zero-order valence-corrected chi connectivity index (χ0v) is 10.6. The van der Waals surface area contributed by atoms with Crippen LogP contribution in [0, 0.1) is 0 Å². The van der Waals surface area contributed by atoms with Gasteiger partial charge < -0.3 is 21.9 Å². The van der Waals surface area contributed by atoms with Gasteiger partial charge in [0.15, 0.2) is 5.16 Å². The molecular weight excluding hydrogens is 250 g/mol. The Morgan fingerprint density at radius 1 is 1.00 bits per heavy atom. The van der Waals surface area contributed by atoms with Crippen molar-refractivity contribution in [2.75, 3.05) is 24.3 Å². The first-order chi connectivity index (χ1) is 8.56. The molecule has 2 aromatic rings. The van der Waals surface area contributed by atoms with E-state index in [1.807, 2.05) is 6.07 Å².